The van der Waals surface area contributed by atoms with Crippen LogP contribution in [0.25, 0.3) is 10.2 Å². The Bertz CT molecular complexity index is 1340. The molecular formula is C26H24FN3O3S2. The predicted molar refractivity (Wildman–Crippen MR) is 140 cm³/mol. The Balaban J connectivity index is 1.27. The predicted octanol–water partition coefficient (Wildman–Crippen LogP) is 5.65. The van der Waals surface area contributed by atoms with Crippen LogP contribution in [0.2, 0.25) is 0 Å². The summed E-state index contributed by atoms with van der Waals surface area (Å²) in [5.41, 5.74) is 3.53. The molecule has 3 aromatic carbocycles. The average molecular weight is 510 g/mol. The van der Waals surface area contributed by atoms with Crippen LogP contribution >= 0.6 is 23.1 Å². The van der Waals surface area contributed by atoms with Crippen LogP contribution in [0, 0.1) is 5.82 Å². The summed E-state index contributed by atoms with van der Waals surface area (Å²) in [6.45, 7) is 0.532. The second-order valence-electron chi connectivity index (χ2n) is 7.52. The molecule has 0 aliphatic carbocycles. The summed E-state index contributed by atoms with van der Waals surface area (Å²) in [6, 6.07) is 17.7. The summed E-state index contributed by atoms with van der Waals surface area (Å²) in [7, 11) is 3.20. The van der Waals surface area contributed by atoms with Crippen LogP contribution < -0.4 is 14.8 Å². The number of benzene rings is 3. The molecule has 4 aromatic rings. The van der Waals surface area contributed by atoms with Gasteiger partial charge in [-0.05, 0) is 60.0 Å². The highest BCUT2D eigenvalue weighted by molar-refractivity contribution is 8.01. The maximum Gasteiger partial charge on any atom is 0.230 e. The number of rotatable bonds is 10. The van der Waals surface area contributed by atoms with Crippen molar-refractivity contribution in [2.75, 3.05) is 26.5 Å². The number of carbonyl (C=O) groups excluding carboxylic acids is 1. The van der Waals surface area contributed by atoms with Crippen molar-refractivity contribution in [1.29, 1.82) is 0 Å². The largest absolute Gasteiger partial charge is 0.493 e. The zero-order chi connectivity index (χ0) is 24.6. The second kappa shape index (κ2) is 11.8. The Morgan fingerprint density at radius 2 is 1.89 bits per heavy atom. The third-order valence-corrected chi connectivity index (χ3v) is 7.26. The summed E-state index contributed by atoms with van der Waals surface area (Å²) in [5, 5.41) is 2.95. The number of nitrogens with zero attached hydrogens (tertiary/aromatic N) is 2. The lowest BCUT2D eigenvalue weighted by molar-refractivity contribution is -0.118. The summed E-state index contributed by atoms with van der Waals surface area (Å²) in [4.78, 5) is 21.4. The highest BCUT2D eigenvalue weighted by atomic mass is 32.2. The second-order valence-corrected chi connectivity index (χ2v) is 9.77. The summed E-state index contributed by atoms with van der Waals surface area (Å²) in [5.74, 6) is 1.33. The van der Waals surface area contributed by atoms with E-state index in [2.05, 4.69) is 15.3 Å². The van der Waals surface area contributed by atoms with Gasteiger partial charge in [-0.3, -0.25) is 9.79 Å². The number of thiazole rings is 1. The van der Waals surface area contributed by atoms with E-state index >= 15 is 0 Å². The first-order chi connectivity index (χ1) is 17.0. The van der Waals surface area contributed by atoms with Crippen LogP contribution in [0.3, 0.4) is 0 Å². The minimum absolute atomic E-state index is 0.0423. The molecule has 1 aromatic heterocycles. The molecule has 0 unspecified atom stereocenters. The number of halogens is 1. The van der Waals surface area contributed by atoms with E-state index in [0.29, 0.717) is 30.2 Å². The number of nitrogens with one attached hydrogen (secondary N) is 1. The fourth-order valence-electron chi connectivity index (χ4n) is 3.29. The molecule has 4 rings (SSSR count). The first-order valence-corrected chi connectivity index (χ1v) is 12.6. The standard InChI is InChI=1S/C26H24FN3O3S2/c1-32-22-10-5-17(13-23(22)33-2)11-12-28-25(31)16-34-26-30-21-9-8-20(14-24(21)35-26)29-15-18-3-6-19(27)7-4-18/h3-10,13-15H,11-12,16H2,1-2H3,(H,28,31). The van der Waals surface area contributed by atoms with Gasteiger partial charge in [0.1, 0.15) is 5.82 Å². The molecule has 1 heterocycles. The minimum atomic E-state index is -0.273. The van der Waals surface area contributed by atoms with Crippen molar-refractivity contribution in [2.45, 2.75) is 10.8 Å². The Morgan fingerprint density at radius 3 is 2.66 bits per heavy atom. The fourth-order valence-corrected chi connectivity index (χ4v) is 5.22. The maximum atomic E-state index is 13.0. The molecule has 1 N–H and O–H groups in total. The SMILES string of the molecule is COc1ccc(CCNC(=O)CSc2nc3ccc(N=Cc4ccc(F)cc4)cc3s2)cc1OC. The van der Waals surface area contributed by atoms with Gasteiger partial charge in [0, 0.05) is 12.8 Å². The highest BCUT2D eigenvalue weighted by Crippen LogP contribution is 2.32. The van der Waals surface area contributed by atoms with Gasteiger partial charge >= 0.3 is 0 Å². The number of fused-ring (bicyclic) bond motifs is 1. The number of thioether (sulfide) groups is 1. The molecule has 180 valence electrons. The van der Waals surface area contributed by atoms with E-state index < -0.39 is 0 Å². The van der Waals surface area contributed by atoms with Crippen molar-refractivity contribution in [3.63, 3.8) is 0 Å². The van der Waals surface area contributed by atoms with Crippen LogP contribution in [0.1, 0.15) is 11.1 Å². The van der Waals surface area contributed by atoms with Crippen molar-refractivity contribution in [3.8, 4) is 11.5 Å². The minimum Gasteiger partial charge on any atom is -0.493 e. The molecule has 0 saturated carbocycles. The third kappa shape index (κ3) is 6.80. The molecule has 0 atom stereocenters. The van der Waals surface area contributed by atoms with E-state index in [1.165, 1.54) is 35.2 Å². The van der Waals surface area contributed by atoms with Crippen LogP contribution in [-0.4, -0.2) is 43.6 Å². The summed E-state index contributed by atoms with van der Waals surface area (Å²) < 4.78 is 25.4. The van der Waals surface area contributed by atoms with Crippen molar-refractivity contribution in [1.82, 2.24) is 10.3 Å². The highest BCUT2D eigenvalue weighted by Gasteiger charge is 2.09. The first-order valence-electron chi connectivity index (χ1n) is 10.8. The van der Waals surface area contributed by atoms with Crippen molar-refractivity contribution < 1.29 is 18.7 Å². The van der Waals surface area contributed by atoms with Crippen molar-refractivity contribution >= 4 is 51.1 Å². The van der Waals surface area contributed by atoms with Crippen molar-refractivity contribution in [3.05, 3.63) is 77.6 Å². The monoisotopic (exact) mass is 509 g/mol. The van der Waals surface area contributed by atoms with Gasteiger partial charge in [0.05, 0.1) is 35.9 Å². The molecule has 0 spiro atoms. The van der Waals surface area contributed by atoms with E-state index in [4.69, 9.17) is 9.47 Å². The third-order valence-electron chi connectivity index (χ3n) is 5.10. The lowest BCUT2D eigenvalue weighted by atomic mass is 10.1. The quantitative estimate of drug-likeness (QED) is 0.221. The van der Waals surface area contributed by atoms with Crippen LogP contribution in [0.5, 0.6) is 11.5 Å². The number of methoxy groups -OCH3 is 2. The number of carbonyl (C=O) groups is 1. The Hall–Kier alpha value is -3.43. The van der Waals surface area contributed by atoms with Crippen LogP contribution in [0.15, 0.2) is 70.0 Å². The number of ether oxygens (including phenoxy) is 2. The molecule has 1 amide bonds. The zero-order valence-electron chi connectivity index (χ0n) is 19.3. The zero-order valence-corrected chi connectivity index (χ0v) is 20.9. The van der Waals surface area contributed by atoms with E-state index in [0.717, 1.165) is 31.4 Å². The summed E-state index contributed by atoms with van der Waals surface area (Å²) >= 11 is 2.94. The molecular weight excluding hydrogens is 485 g/mol. The van der Waals surface area contributed by atoms with E-state index in [1.807, 2.05) is 36.4 Å². The van der Waals surface area contributed by atoms with Gasteiger partial charge in [0.2, 0.25) is 5.91 Å². The Kier molecular flexibility index (Phi) is 8.33. The van der Waals surface area contributed by atoms with Gasteiger partial charge in [-0.1, -0.05) is 30.0 Å². The van der Waals surface area contributed by atoms with Gasteiger partial charge in [-0.15, -0.1) is 11.3 Å². The van der Waals surface area contributed by atoms with Crippen molar-refractivity contribution in [2.24, 2.45) is 4.99 Å². The number of hydrogen-bond donors (Lipinski definition) is 1. The fraction of sp³-hybridized carbons (Fsp3) is 0.192. The lowest BCUT2D eigenvalue weighted by Gasteiger charge is -2.10. The average Bonchev–Trinajstić information content (AvgIpc) is 3.29. The molecule has 0 saturated heterocycles. The maximum absolute atomic E-state index is 13.0. The normalized spacial score (nSPS) is 11.2. The molecule has 35 heavy (non-hydrogen) atoms. The summed E-state index contributed by atoms with van der Waals surface area (Å²) in [6.07, 6.45) is 2.39. The molecule has 0 radical (unpaired) electrons. The molecule has 6 nitrogen and oxygen atoms in total. The molecule has 0 bridgehead atoms. The van der Waals surface area contributed by atoms with E-state index in [9.17, 15) is 9.18 Å². The van der Waals surface area contributed by atoms with Gasteiger partial charge in [0.25, 0.3) is 0 Å². The van der Waals surface area contributed by atoms with Crippen LogP contribution in [-0.2, 0) is 11.2 Å². The van der Waals surface area contributed by atoms with E-state index in [1.54, 1.807) is 32.6 Å². The molecule has 0 aliphatic rings. The number of aromatic nitrogens is 1. The molecule has 0 aliphatic heterocycles. The van der Waals surface area contributed by atoms with Gasteiger partial charge < -0.3 is 14.8 Å². The van der Waals surface area contributed by atoms with E-state index in [-0.39, 0.29) is 11.7 Å². The Labute approximate surface area is 211 Å². The molecule has 9 heteroatoms. The molecule has 0 fully saturated rings. The first kappa shape index (κ1) is 24.7. The number of amides is 1. The smallest absolute Gasteiger partial charge is 0.230 e. The topological polar surface area (TPSA) is 72.8 Å². The van der Waals surface area contributed by atoms with Gasteiger partial charge in [0.15, 0.2) is 15.8 Å². The Morgan fingerprint density at radius 1 is 1.09 bits per heavy atom. The number of aliphatic imine (C=N–C) groups is 1. The van der Waals surface area contributed by atoms with Gasteiger partial charge in [-0.2, -0.15) is 0 Å². The lowest BCUT2D eigenvalue weighted by Crippen LogP contribution is -2.27. The number of hydrogen-bond acceptors (Lipinski definition) is 7. The van der Waals surface area contributed by atoms with Crippen LogP contribution in [0.4, 0.5) is 10.1 Å². The van der Waals surface area contributed by atoms with Gasteiger partial charge in [-0.25, -0.2) is 9.37 Å².